The average Bonchev–Trinajstić information content (AvgIpc) is 2.43. The predicted octanol–water partition coefficient (Wildman–Crippen LogP) is 1.54. The number of rotatable bonds is 4. The molecule has 0 amide bonds. The lowest BCUT2D eigenvalue weighted by Crippen LogP contribution is -2.02. The Balaban J connectivity index is 0.000000200. The second-order valence-electron chi connectivity index (χ2n) is 4.56. The first-order chi connectivity index (χ1) is 9.65. The van der Waals surface area contributed by atoms with Crippen LogP contribution in [0.3, 0.4) is 0 Å². The summed E-state index contributed by atoms with van der Waals surface area (Å²) in [4.78, 5) is 0. The molecule has 4 heteroatoms. The summed E-state index contributed by atoms with van der Waals surface area (Å²) in [5.74, 6) is 0. The van der Waals surface area contributed by atoms with Gasteiger partial charge in [0.05, 0.1) is 0 Å². The number of anilines is 2. The van der Waals surface area contributed by atoms with Crippen LogP contribution in [-0.2, 0) is 12.8 Å². The fourth-order valence-electron chi connectivity index (χ4n) is 1.77. The summed E-state index contributed by atoms with van der Waals surface area (Å²) >= 11 is 0. The largest absolute Gasteiger partial charge is 0.399 e. The van der Waals surface area contributed by atoms with Crippen LogP contribution in [0.4, 0.5) is 11.4 Å². The van der Waals surface area contributed by atoms with E-state index in [2.05, 4.69) is 0 Å². The molecule has 8 N–H and O–H groups in total. The Morgan fingerprint density at radius 3 is 1.80 bits per heavy atom. The molecular formula is C16H24N4. The van der Waals surface area contributed by atoms with Gasteiger partial charge in [0.1, 0.15) is 0 Å². The summed E-state index contributed by atoms with van der Waals surface area (Å²) in [5.41, 5.74) is 25.9. The van der Waals surface area contributed by atoms with E-state index in [1.807, 2.05) is 48.5 Å². The molecule has 0 aliphatic carbocycles. The van der Waals surface area contributed by atoms with Gasteiger partial charge in [0, 0.05) is 11.4 Å². The average molecular weight is 272 g/mol. The van der Waals surface area contributed by atoms with Crippen LogP contribution in [0.25, 0.3) is 0 Å². The van der Waals surface area contributed by atoms with Gasteiger partial charge in [0.2, 0.25) is 0 Å². The summed E-state index contributed by atoms with van der Waals surface area (Å²) in [6, 6.07) is 15.6. The Bertz CT molecular complexity index is 494. The number of nitrogens with two attached hydrogens (primary N) is 4. The fraction of sp³-hybridized carbons (Fsp3) is 0.250. The molecule has 2 aromatic carbocycles. The first kappa shape index (κ1) is 16.0. The fourth-order valence-corrected chi connectivity index (χ4v) is 1.77. The maximum absolute atomic E-state index is 5.55. The molecule has 108 valence electrons. The van der Waals surface area contributed by atoms with Gasteiger partial charge in [-0.3, -0.25) is 0 Å². The first-order valence-electron chi connectivity index (χ1n) is 6.74. The normalized spacial score (nSPS) is 9.70. The quantitative estimate of drug-likeness (QED) is 0.634. The van der Waals surface area contributed by atoms with Gasteiger partial charge in [0.25, 0.3) is 0 Å². The van der Waals surface area contributed by atoms with E-state index in [0.717, 1.165) is 24.2 Å². The van der Waals surface area contributed by atoms with Crippen molar-refractivity contribution >= 4 is 11.4 Å². The summed E-state index contributed by atoms with van der Waals surface area (Å²) in [6.45, 7) is 1.38. The number of benzene rings is 2. The Kier molecular flexibility index (Phi) is 7.17. The van der Waals surface area contributed by atoms with E-state index in [1.54, 1.807) is 0 Å². The van der Waals surface area contributed by atoms with Crippen molar-refractivity contribution in [2.75, 3.05) is 24.6 Å². The van der Waals surface area contributed by atoms with Gasteiger partial charge in [-0.2, -0.15) is 0 Å². The summed E-state index contributed by atoms with van der Waals surface area (Å²) in [6.07, 6.45) is 1.84. The van der Waals surface area contributed by atoms with Crippen molar-refractivity contribution in [1.29, 1.82) is 0 Å². The topological polar surface area (TPSA) is 104 Å². The monoisotopic (exact) mass is 272 g/mol. The van der Waals surface area contributed by atoms with Crippen molar-refractivity contribution in [3.63, 3.8) is 0 Å². The van der Waals surface area contributed by atoms with Crippen molar-refractivity contribution in [3.05, 3.63) is 59.7 Å². The van der Waals surface area contributed by atoms with E-state index in [9.17, 15) is 0 Å². The maximum Gasteiger partial charge on any atom is 0.0316 e. The highest BCUT2D eigenvalue weighted by atomic mass is 14.5. The molecule has 2 aromatic rings. The minimum absolute atomic E-state index is 0.684. The molecular weight excluding hydrogens is 248 g/mol. The second kappa shape index (κ2) is 8.96. The molecule has 0 saturated carbocycles. The lowest BCUT2D eigenvalue weighted by Gasteiger charge is -1.98. The highest BCUT2D eigenvalue weighted by Gasteiger charge is 1.89. The molecule has 20 heavy (non-hydrogen) atoms. The van der Waals surface area contributed by atoms with Crippen molar-refractivity contribution in [2.24, 2.45) is 11.5 Å². The molecule has 0 fully saturated rings. The standard InChI is InChI=1S/2C8H12N2/c9-6-5-7-1-3-8(10)4-2-7;9-5-4-7-2-1-3-8(10)6-7/h1-4H,5-6,9-10H2;1-3,6H,4-5,9-10H2. The Morgan fingerprint density at radius 1 is 0.650 bits per heavy atom. The van der Waals surface area contributed by atoms with E-state index in [-0.39, 0.29) is 0 Å². The van der Waals surface area contributed by atoms with Crippen molar-refractivity contribution in [3.8, 4) is 0 Å². The van der Waals surface area contributed by atoms with Crippen molar-refractivity contribution in [2.45, 2.75) is 12.8 Å². The van der Waals surface area contributed by atoms with Gasteiger partial charge in [-0.15, -0.1) is 0 Å². The Hall–Kier alpha value is -2.04. The number of hydrogen-bond acceptors (Lipinski definition) is 4. The van der Waals surface area contributed by atoms with Crippen LogP contribution in [-0.4, -0.2) is 13.1 Å². The highest BCUT2D eigenvalue weighted by molar-refractivity contribution is 5.40. The third kappa shape index (κ3) is 6.22. The van der Waals surface area contributed by atoms with Crippen LogP contribution < -0.4 is 22.9 Å². The molecule has 0 aliphatic rings. The lowest BCUT2D eigenvalue weighted by atomic mass is 10.1. The van der Waals surface area contributed by atoms with Gasteiger partial charge in [-0.1, -0.05) is 24.3 Å². The second-order valence-corrected chi connectivity index (χ2v) is 4.56. The molecule has 0 bridgehead atoms. The maximum atomic E-state index is 5.55. The van der Waals surface area contributed by atoms with E-state index < -0.39 is 0 Å². The molecule has 0 atom stereocenters. The molecule has 4 nitrogen and oxygen atoms in total. The van der Waals surface area contributed by atoms with Crippen LogP contribution in [0.1, 0.15) is 11.1 Å². The molecule has 0 unspecified atom stereocenters. The Labute approximate surface area is 120 Å². The third-order valence-corrected chi connectivity index (χ3v) is 2.80. The van der Waals surface area contributed by atoms with Gasteiger partial charge in [-0.25, -0.2) is 0 Å². The smallest absolute Gasteiger partial charge is 0.0316 e. The van der Waals surface area contributed by atoms with Crippen molar-refractivity contribution in [1.82, 2.24) is 0 Å². The van der Waals surface area contributed by atoms with E-state index in [1.165, 1.54) is 11.1 Å². The zero-order valence-corrected chi connectivity index (χ0v) is 11.8. The molecule has 0 saturated heterocycles. The summed E-state index contributed by atoms with van der Waals surface area (Å²) in [5, 5.41) is 0. The van der Waals surface area contributed by atoms with Gasteiger partial charge in [-0.05, 0) is 61.3 Å². The SMILES string of the molecule is NCCc1ccc(N)cc1.NCCc1cccc(N)c1. The molecule has 0 aliphatic heterocycles. The number of nitrogen functional groups attached to an aromatic ring is 2. The van der Waals surface area contributed by atoms with E-state index in [0.29, 0.717) is 13.1 Å². The highest BCUT2D eigenvalue weighted by Crippen LogP contribution is 2.06. The molecule has 0 heterocycles. The van der Waals surface area contributed by atoms with Gasteiger partial charge >= 0.3 is 0 Å². The Morgan fingerprint density at radius 2 is 1.25 bits per heavy atom. The van der Waals surface area contributed by atoms with Crippen LogP contribution in [0.2, 0.25) is 0 Å². The van der Waals surface area contributed by atoms with E-state index in [4.69, 9.17) is 22.9 Å². The molecule has 0 aromatic heterocycles. The van der Waals surface area contributed by atoms with Gasteiger partial charge in [0.15, 0.2) is 0 Å². The predicted molar refractivity (Wildman–Crippen MR) is 87.2 cm³/mol. The molecule has 0 radical (unpaired) electrons. The summed E-state index contributed by atoms with van der Waals surface area (Å²) < 4.78 is 0. The minimum Gasteiger partial charge on any atom is -0.399 e. The van der Waals surface area contributed by atoms with Crippen LogP contribution >= 0.6 is 0 Å². The molecule has 0 spiro atoms. The van der Waals surface area contributed by atoms with Crippen molar-refractivity contribution < 1.29 is 0 Å². The first-order valence-corrected chi connectivity index (χ1v) is 6.74. The van der Waals surface area contributed by atoms with Crippen LogP contribution in [0.15, 0.2) is 48.5 Å². The lowest BCUT2D eigenvalue weighted by molar-refractivity contribution is 0.969. The van der Waals surface area contributed by atoms with Crippen LogP contribution in [0.5, 0.6) is 0 Å². The zero-order valence-electron chi connectivity index (χ0n) is 11.8. The van der Waals surface area contributed by atoms with E-state index >= 15 is 0 Å². The zero-order chi connectivity index (χ0) is 14.8. The third-order valence-electron chi connectivity index (χ3n) is 2.80. The van der Waals surface area contributed by atoms with Gasteiger partial charge < -0.3 is 22.9 Å². The minimum atomic E-state index is 0.684. The van der Waals surface area contributed by atoms with Crippen LogP contribution in [0, 0.1) is 0 Å². The molecule has 2 rings (SSSR count). The number of hydrogen-bond donors (Lipinski definition) is 4. The summed E-state index contributed by atoms with van der Waals surface area (Å²) in [7, 11) is 0.